The summed E-state index contributed by atoms with van der Waals surface area (Å²) in [5.74, 6) is 0.384. The van der Waals surface area contributed by atoms with Gasteiger partial charge in [0.05, 0.1) is 0 Å². The predicted octanol–water partition coefficient (Wildman–Crippen LogP) is 1.42. The molecule has 56 valence electrons. The standard InChI is InChI=1S/C6H11N3S/c1-6(2,3)4-8-5(7)9-10-4/h1-3H3,(H2,7,9). The van der Waals surface area contributed by atoms with Crippen LogP contribution in [0, 0.1) is 0 Å². The zero-order valence-electron chi connectivity index (χ0n) is 6.38. The molecule has 0 aliphatic heterocycles. The van der Waals surface area contributed by atoms with Gasteiger partial charge in [-0.1, -0.05) is 20.8 Å². The average Bonchev–Trinajstić information content (AvgIpc) is 2.11. The smallest absolute Gasteiger partial charge is 0.232 e. The molecule has 0 saturated heterocycles. The SMILES string of the molecule is CC(C)(C)c1nc(N)ns1. The summed E-state index contributed by atoms with van der Waals surface area (Å²) >= 11 is 1.37. The Balaban J connectivity index is 2.96. The molecule has 0 aromatic carbocycles. The van der Waals surface area contributed by atoms with Crippen molar-refractivity contribution in [1.29, 1.82) is 0 Å². The monoisotopic (exact) mass is 157 g/mol. The predicted molar refractivity (Wildman–Crippen MR) is 43.0 cm³/mol. The largest absolute Gasteiger partial charge is 0.367 e. The van der Waals surface area contributed by atoms with E-state index in [1.54, 1.807) is 0 Å². The second-order valence-electron chi connectivity index (χ2n) is 3.21. The van der Waals surface area contributed by atoms with Crippen molar-refractivity contribution < 1.29 is 0 Å². The number of hydrogen-bond donors (Lipinski definition) is 1. The molecule has 0 unspecified atom stereocenters. The van der Waals surface area contributed by atoms with Crippen molar-refractivity contribution in [2.45, 2.75) is 26.2 Å². The summed E-state index contributed by atoms with van der Waals surface area (Å²) < 4.78 is 3.89. The molecule has 0 radical (unpaired) electrons. The van der Waals surface area contributed by atoms with E-state index < -0.39 is 0 Å². The van der Waals surface area contributed by atoms with E-state index in [1.807, 2.05) is 0 Å². The Bertz CT molecular complexity index is 223. The minimum absolute atomic E-state index is 0.0787. The highest BCUT2D eigenvalue weighted by Crippen LogP contribution is 2.23. The fourth-order valence-electron chi connectivity index (χ4n) is 0.539. The Morgan fingerprint density at radius 1 is 1.40 bits per heavy atom. The van der Waals surface area contributed by atoms with E-state index in [4.69, 9.17) is 5.73 Å². The van der Waals surface area contributed by atoms with E-state index in [0.717, 1.165) is 5.01 Å². The topological polar surface area (TPSA) is 51.8 Å². The third-order valence-corrected chi connectivity index (χ3v) is 2.24. The van der Waals surface area contributed by atoms with Gasteiger partial charge in [-0.05, 0) is 11.5 Å². The molecule has 1 aromatic rings. The Morgan fingerprint density at radius 2 is 2.00 bits per heavy atom. The first-order valence-electron chi connectivity index (χ1n) is 3.10. The number of nitrogens with two attached hydrogens (primary N) is 1. The summed E-state index contributed by atoms with van der Waals surface area (Å²) in [4.78, 5) is 4.07. The molecule has 1 heterocycles. The van der Waals surface area contributed by atoms with Crippen LogP contribution >= 0.6 is 11.5 Å². The number of nitrogens with zero attached hydrogens (tertiary/aromatic N) is 2. The number of anilines is 1. The highest BCUT2D eigenvalue weighted by atomic mass is 32.1. The van der Waals surface area contributed by atoms with E-state index in [2.05, 4.69) is 30.1 Å². The lowest BCUT2D eigenvalue weighted by Gasteiger charge is -2.12. The number of rotatable bonds is 0. The molecule has 3 nitrogen and oxygen atoms in total. The van der Waals surface area contributed by atoms with Crippen molar-refractivity contribution in [2.75, 3.05) is 5.73 Å². The molecule has 1 rings (SSSR count). The lowest BCUT2D eigenvalue weighted by molar-refractivity contribution is 0.586. The molecule has 0 spiro atoms. The van der Waals surface area contributed by atoms with Gasteiger partial charge in [-0.25, -0.2) is 4.98 Å². The lowest BCUT2D eigenvalue weighted by Crippen LogP contribution is -2.10. The van der Waals surface area contributed by atoms with Gasteiger partial charge in [-0.15, -0.1) is 0 Å². The van der Waals surface area contributed by atoms with E-state index >= 15 is 0 Å². The Kier molecular flexibility index (Phi) is 1.64. The van der Waals surface area contributed by atoms with Crippen molar-refractivity contribution in [1.82, 2.24) is 9.36 Å². The first kappa shape index (κ1) is 7.47. The maximum Gasteiger partial charge on any atom is 0.232 e. The molecule has 0 atom stereocenters. The van der Waals surface area contributed by atoms with Crippen LogP contribution in [0.5, 0.6) is 0 Å². The Morgan fingerprint density at radius 3 is 2.20 bits per heavy atom. The van der Waals surface area contributed by atoms with Gasteiger partial charge in [0.1, 0.15) is 5.01 Å². The van der Waals surface area contributed by atoms with Crippen LogP contribution in [0.2, 0.25) is 0 Å². The van der Waals surface area contributed by atoms with Crippen LogP contribution in [0.1, 0.15) is 25.8 Å². The van der Waals surface area contributed by atoms with Crippen LogP contribution in [0.25, 0.3) is 0 Å². The fourth-order valence-corrected chi connectivity index (χ4v) is 1.17. The van der Waals surface area contributed by atoms with Crippen molar-refractivity contribution in [3.8, 4) is 0 Å². The summed E-state index contributed by atoms with van der Waals surface area (Å²) in [6.45, 7) is 6.27. The first-order valence-corrected chi connectivity index (χ1v) is 3.87. The first-order chi connectivity index (χ1) is 4.50. The molecule has 0 saturated carbocycles. The number of nitrogen functional groups attached to an aromatic ring is 1. The summed E-state index contributed by atoms with van der Waals surface area (Å²) in [6.07, 6.45) is 0. The zero-order chi connectivity index (χ0) is 7.78. The normalized spacial score (nSPS) is 11.9. The van der Waals surface area contributed by atoms with Crippen molar-refractivity contribution in [3.05, 3.63) is 5.01 Å². The molecule has 4 heteroatoms. The second kappa shape index (κ2) is 2.20. The molecular formula is C6H11N3S. The van der Waals surface area contributed by atoms with Crippen LogP contribution < -0.4 is 5.73 Å². The molecule has 0 amide bonds. The van der Waals surface area contributed by atoms with Gasteiger partial charge in [0, 0.05) is 5.41 Å². The van der Waals surface area contributed by atoms with Gasteiger partial charge in [0.15, 0.2) is 0 Å². The second-order valence-corrected chi connectivity index (χ2v) is 3.96. The molecule has 0 bridgehead atoms. The Labute approximate surface area is 64.5 Å². The average molecular weight is 157 g/mol. The highest BCUT2D eigenvalue weighted by molar-refractivity contribution is 7.05. The molecule has 0 aliphatic carbocycles. The summed E-state index contributed by atoms with van der Waals surface area (Å²) in [5.41, 5.74) is 5.44. The van der Waals surface area contributed by atoms with Crippen LogP contribution in [-0.2, 0) is 5.41 Å². The summed E-state index contributed by atoms with van der Waals surface area (Å²) in [6, 6.07) is 0. The number of hydrogen-bond acceptors (Lipinski definition) is 4. The van der Waals surface area contributed by atoms with Gasteiger partial charge < -0.3 is 5.73 Å². The van der Waals surface area contributed by atoms with E-state index in [0.29, 0.717) is 5.95 Å². The van der Waals surface area contributed by atoms with Gasteiger partial charge in [-0.2, -0.15) is 4.37 Å². The molecule has 2 N–H and O–H groups in total. The molecular weight excluding hydrogens is 146 g/mol. The van der Waals surface area contributed by atoms with E-state index in [1.165, 1.54) is 11.5 Å². The summed E-state index contributed by atoms with van der Waals surface area (Å²) in [7, 11) is 0. The Hall–Kier alpha value is -0.640. The molecule has 1 aromatic heterocycles. The molecule has 0 fully saturated rings. The third kappa shape index (κ3) is 1.44. The van der Waals surface area contributed by atoms with Crippen molar-refractivity contribution in [2.24, 2.45) is 0 Å². The van der Waals surface area contributed by atoms with Gasteiger partial charge >= 0.3 is 0 Å². The van der Waals surface area contributed by atoms with Crippen LogP contribution in [0.15, 0.2) is 0 Å². The fraction of sp³-hybridized carbons (Fsp3) is 0.667. The minimum Gasteiger partial charge on any atom is -0.367 e. The van der Waals surface area contributed by atoms with Gasteiger partial charge in [0.2, 0.25) is 5.95 Å². The zero-order valence-corrected chi connectivity index (χ0v) is 7.20. The van der Waals surface area contributed by atoms with E-state index in [9.17, 15) is 0 Å². The third-order valence-electron chi connectivity index (χ3n) is 1.08. The molecule has 0 aliphatic rings. The van der Waals surface area contributed by atoms with Crippen LogP contribution in [-0.4, -0.2) is 9.36 Å². The maximum absolute atomic E-state index is 5.36. The lowest BCUT2D eigenvalue weighted by atomic mass is 9.98. The maximum atomic E-state index is 5.36. The summed E-state index contributed by atoms with van der Waals surface area (Å²) in [5, 5.41) is 0.991. The van der Waals surface area contributed by atoms with Crippen LogP contribution in [0.3, 0.4) is 0 Å². The van der Waals surface area contributed by atoms with Gasteiger partial charge in [0.25, 0.3) is 0 Å². The van der Waals surface area contributed by atoms with Crippen molar-refractivity contribution in [3.63, 3.8) is 0 Å². The van der Waals surface area contributed by atoms with Gasteiger partial charge in [-0.3, -0.25) is 0 Å². The quantitative estimate of drug-likeness (QED) is 0.619. The minimum atomic E-state index is 0.0787. The highest BCUT2D eigenvalue weighted by Gasteiger charge is 2.17. The van der Waals surface area contributed by atoms with Crippen LogP contribution in [0.4, 0.5) is 5.95 Å². The molecule has 10 heavy (non-hydrogen) atoms. The van der Waals surface area contributed by atoms with Crippen molar-refractivity contribution >= 4 is 17.5 Å². The van der Waals surface area contributed by atoms with E-state index in [-0.39, 0.29) is 5.41 Å². The number of aromatic nitrogens is 2.